The largest absolute Gasteiger partial charge is 0.337 e. The first-order valence-corrected chi connectivity index (χ1v) is 10.8. The van der Waals surface area contributed by atoms with Crippen molar-refractivity contribution in [3.8, 4) is 0 Å². The summed E-state index contributed by atoms with van der Waals surface area (Å²) in [7, 11) is -0.494. The monoisotopic (exact) mass is 403 g/mol. The zero-order valence-corrected chi connectivity index (χ0v) is 17.1. The minimum absolute atomic E-state index is 0.145. The molecule has 2 aliphatic rings. The van der Waals surface area contributed by atoms with E-state index in [1.807, 2.05) is 31.3 Å². The fourth-order valence-corrected chi connectivity index (χ4v) is 5.41. The SMILES string of the molecule is Cc1nn(C)cc1[C@H]1C[C@H](C(=O)N2CCc3ccccc3C2)N(C)S(=O)(=O)N1. The summed E-state index contributed by atoms with van der Waals surface area (Å²) in [5.41, 5.74) is 3.95. The number of hydrogen-bond acceptors (Lipinski definition) is 4. The highest BCUT2D eigenvalue weighted by atomic mass is 32.2. The molecule has 2 atom stereocenters. The summed E-state index contributed by atoms with van der Waals surface area (Å²) < 4.78 is 30.9. The first-order chi connectivity index (χ1) is 13.3. The predicted octanol–water partition coefficient (Wildman–Crippen LogP) is 0.893. The molecule has 2 aliphatic heterocycles. The van der Waals surface area contributed by atoms with Crippen molar-refractivity contribution in [2.45, 2.75) is 38.4 Å². The molecule has 0 radical (unpaired) electrons. The number of aryl methyl sites for hydroxylation is 2. The van der Waals surface area contributed by atoms with E-state index in [4.69, 9.17) is 0 Å². The molecule has 1 aromatic heterocycles. The van der Waals surface area contributed by atoms with Crippen molar-refractivity contribution in [1.29, 1.82) is 0 Å². The van der Waals surface area contributed by atoms with Gasteiger partial charge in [0.2, 0.25) is 5.91 Å². The van der Waals surface area contributed by atoms with E-state index in [0.29, 0.717) is 19.5 Å². The molecule has 4 rings (SSSR count). The van der Waals surface area contributed by atoms with Crippen LogP contribution in [0.1, 0.15) is 34.8 Å². The third-order valence-corrected chi connectivity index (χ3v) is 7.32. The Morgan fingerprint density at radius 3 is 2.61 bits per heavy atom. The van der Waals surface area contributed by atoms with E-state index in [9.17, 15) is 13.2 Å². The maximum Gasteiger partial charge on any atom is 0.280 e. The average molecular weight is 404 g/mol. The fourth-order valence-electron chi connectivity index (χ4n) is 4.15. The number of likely N-dealkylation sites (N-methyl/N-ethyl adjacent to an activating group) is 1. The summed E-state index contributed by atoms with van der Waals surface area (Å²) in [5, 5.41) is 4.31. The van der Waals surface area contributed by atoms with Gasteiger partial charge in [0.25, 0.3) is 10.2 Å². The lowest BCUT2D eigenvalue weighted by atomic mass is 9.97. The average Bonchev–Trinajstić information content (AvgIpc) is 3.01. The third-order valence-electron chi connectivity index (χ3n) is 5.72. The molecule has 9 heteroatoms. The molecule has 8 nitrogen and oxygen atoms in total. The van der Waals surface area contributed by atoms with Crippen molar-refractivity contribution in [1.82, 2.24) is 23.7 Å². The Morgan fingerprint density at radius 2 is 1.93 bits per heavy atom. The maximum atomic E-state index is 13.3. The van der Waals surface area contributed by atoms with Gasteiger partial charge in [0.15, 0.2) is 0 Å². The fraction of sp³-hybridized carbons (Fsp3) is 0.474. The molecular weight excluding hydrogens is 378 g/mol. The number of aromatic nitrogens is 2. The molecule has 1 fully saturated rings. The van der Waals surface area contributed by atoms with Crippen molar-refractivity contribution < 1.29 is 13.2 Å². The number of nitrogens with one attached hydrogen (secondary N) is 1. The molecule has 1 N–H and O–H groups in total. The number of carbonyl (C=O) groups excluding carboxylic acids is 1. The van der Waals surface area contributed by atoms with Gasteiger partial charge in [0, 0.05) is 38.9 Å². The van der Waals surface area contributed by atoms with Crippen molar-refractivity contribution in [2.24, 2.45) is 7.05 Å². The number of amides is 1. The van der Waals surface area contributed by atoms with Gasteiger partial charge in [0.1, 0.15) is 6.04 Å². The topological polar surface area (TPSA) is 87.5 Å². The molecule has 1 saturated heterocycles. The van der Waals surface area contributed by atoms with Crippen LogP contribution in [0.2, 0.25) is 0 Å². The van der Waals surface area contributed by atoms with Gasteiger partial charge in [-0.1, -0.05) is 24.3 Å². The number of fused-ring (bicyclic) bond motifs is 1. The van der Waals surface area contributed by atoms with E-state index in [0.717, 1.165) is 27.5 Å². The molecule has 0 bridgehead atoms. The lowest BCUT2D eigenvalue weighted by Crippen LogP contribution is -2.58. The zero-order chi connectivity index (χ0) is 20.1. The van der Waals surface area contributed by atoms with Crippen LogP contribution in [-0.2, 0) is 35.0 Å². The molecular formula is C19H25N5O3S. The molecule has 1 aromatic carbocycles. The van der Waals surface area contributed by atoms with Crippen LogP contribution in [0.5, 0.6) is 0 Å². The number of hydrogen-bond donors (Lipinski definition) is 1. The number of benzene rings is 1. The van der Waals surface area contributed by atoms with Crippen LogP contribution in [0.25, 0.3) is 0 Å². The molecule has 3 heterocycles. The first-order valence-electron chi connectivity index (χ1n) is 9.37. The minimum atomic E-state index is -3.76. The van der Waals surface area contributed by atoms with Crippen LogP contribution in [0.15, 0.2) is 30.5 Å². The minimum Gasteiger partial charge on any atom is -0.337 e. The van der Waals surface area contributed by atoms with Crippen LogP contribution >= 0.6 is 0 Å². The normalized spacial score (nSPS) is 24.8. The van der Waals surface area contributed by atoms with E-state index in [2.05, 4.69) is 15.9 Å². The van der Waals surface area contributed by atoms with E-state index in [-0.39, 0.29) is 5.91 Å². The molecule has 2 aromatic rings. The van der Waals surface area contributed by atoms with E-state index < -0.39 is 22.3 Å². The van der Waals surface area contributed by atoms with Crippen molar-refractivity contribution in [3.05, 3.63) is 52.8 Å². The van der Waals surface area contributed by atoms with Crippen LogP contribution in [0.3, 0.4) is 0 Å². The molecule has 1 amide bonds. The first kappa shape index (κ1) is 19.1. The highest BCUT2D eigenvalue weighted by Crippen LogP contribution is 2.31. The molecule has 0 aliphatic carbocycles. The summed E-state index contributed by atoms with van der Waals surface area (Å²) in [6.07, 6.45) is 2.97. The Labute approximate surface area is 165 Å². The van der Waals surface area contributed by atoms with Gasteiger partial charge in [-0.15, -0.1) is 0 Å². The Balaban J connectivity index is 1.60. The number of rotatable bonds is 2. The summed E-state index contributed by atoms with van der Waals surface area (Å²) in [6.45, 7) is 2.97. The molecule has 0 saturated carbocycles. The van der Waals surface area contributed by atoms with Crippen LogP contribution in [0.4, 0.5) is 0 Å². The second-order valence-corrected chi connectivity index (χ2v) is 9.33. The lowest BCUT2D eigenvalue weighted by molar-refractivity contribution is -0.136. The van der Waals surface area contributed by atoms with Gasteiger partial charge in [-0.3, -0.25) is 9.48 Å². The van der Waals surface area contributed by atoms with Gasteiger partial charge < -0.3 is 4.90 Å². The van der Waals surface area contributed by atoms with E-state index >= 15 is 0 Å². The van der Waals surface area contributed by atoms with E-state index in [1.165, 1.54) is 12.6 Å². The summed E-state index contributed by atoms with van der Waals surface area (Å²) in [4.78, 5) is 15.1. The van der Waals surface area contributed by atoms with Gasteiger partial charge >= 0.3 is 0 Å². The second kappa shape index (κ2) is 6.98. The molecule has 150 valence electrons. The van der Waals surface area contributed by atoms with Crippen LogP contribution in [0, 0.1) is 6.92 Å². The Morgan fingerprint density at radius 1 is 1.21 bits per heavy atom. The molecule has 28 heavy (non-hydrogen) atoms. The highest BCUT2D eigenvalue weighted by molar-refractivity contribution is 7.87. The van der Waals surface area contributed by atoms with Crippen LogP contribution < -0.4 is 4.72 Å². The molecule has 0 spiro atoms. The summed E-state index contributed by atoms with van der Waals surface area (Å²) >= 11 is 0. The Hall–Kier alpha value is -2.23. The quantitative estimate of drug-likeness (QED) is 0.807. The van der Waals surface area contributed by atoms with Gasteiger partial charge in [-0.25, -0.2) is 0 Å². The van der Waals surface area contributed by atoms with Crippen molar-refractivity contribution >= 4 is 16.1 Å². The predicted molar refractivity (Wildman–Crippen MR) is 104 cm³/mol. The van der Waals surface area contributed by atoms with Gasteiger partial charge in [-0.2, -0.15) is 22.5 Å². The van der Waals surface area contributed by atoms with Gasteiger partial charge in [0.05, 0.1) is 11.7 Å². The highest BCUT2D eigenvalue weighted by Gasteiger charge is 2.43. The Kier molecular flexibility index (Phi) is 4.76. The summed E-state index contributed by atoms with van der Waals surface area (Å²) in [6, 6.07) is 6.88. The number of carbonyl (C=O) groups is 1. The molecule has 0 unspecified atom stereocenters. The number of nitrogens with zero attached hydrogens (tertiary/aromatic N) is 4. The second-order valence-electron chi connectivity index (χ2n) is 7.57. The van der Waals surface area contributed by atoms with Crippen LogP contribution in [-0.4, -0.2) is 52.9 Å². The Bertz CT molecular complexity index is 1020. The third kappa shape index (κ3) is 3.34. The smallest absolute Gasteiger partial charge is 0.280 e. The van der Waals surface area contributed by atoms with Crippen molar-refractivity contribution in [3.63, 3.8) is 0 Å². The summed E-state index contributed by atoms with van der Waals surface area (Å²) in [5.74, 6) is -0.145. The maximum absolute atomic E-state index is 13.3. The standard InChI is InChI=1S/C19H25N5O3S/c1-13-16(12-22(2)20-13)17-10-18(23(3)28(26,27)21-17)19(25)24-9-8-14-6-4-5-7-15(14)11-24/h4-7,12,17-18,21H,8-11H2,1-3H3/t17-,18-/m1/s1. The van der Waals surface area contributed by atoms with Crippen molar-refractivity contribution in [2.75, 3.05) is 13.6 Å². The lowest BCUT2D eigenvalue weighted by Gasteiger charge is -2.39. The van der Waals surface area contributed by atoms with Gasteiger partial charge in [-0.05, 0) is 30.9 Å². The zero-order valence-electron chi connectivity index (χ0n) is 16.3. The van der Waals surface area contributed by atoms with E-state index in [1.54, 1.807) is 16.6 Å².